The monoisotopic (exact) mass is 360 g/mol. The van der Waals surface area contributed by atoms with Crippen molar-refractivity contribution in [2.75, 3.05) is 13.1 Å². The number of hydrogen-bond donors (Lipinski definition) is 1. The van der Waals surface area contributed by atoms with Crippen molar-refractivity contribution in [1.82, 2.24) is 20.0 Å². The summed E-state index contributed by atoms with van der Waals surface area (Å²) in [6.07, 6.45) is 5.09. The van der Waals surface area contributed by atoms with Gasteiger partial charge in [0.25, 0.3) is 0 Å². The highest BCUT2D eigenvalue weighted by Gasteiger charge is 2.31. The van der Waals surface area contributed by atoms with Crippen molar-refractivity contribution in [3.63, 3.8) is 0 Å². The average Bonchev–Trinajstić information content (AvgIpc) is 3.42. The zero-order chi connectivity index (χ0) is 18.3. The summed E-state index contributed by atoms with van der Waals surface area (Å²) in [4.78, 5) is 2.62. The van der Waals surface area contributed by atoms with E-state index in [2.05, 4.69) is 15.3 Å². The van der Waals surface area contributed by atoms with Crippen molar-refractivity contribution in [3.05, 3.63) is 46.8 Å². The van der Waals surface area contributed by atoms with Crippen LogP contribution in [-0.2, 0) is 6.54 Å². The molecule has 2 aliphatic rings. The maximum Gasteiger partial charge on any atom is 0.151 e. The van der Waals surface area contributed by atoms with E-state index in [1.807, 2.05) is 13.8 Å². The minimum absolute atomic E-state index is 0.288. The number of benzene rings is 1. The Kier molecular flexibility index (Phi) is 4.80. The van der Waals surface area contributed by atoms with Crippen molar-refractivity contribution in [2.24, 2.45) is 0 Å². The standard InChI is InChI=1S/C20H26F2N4/c1-13-18(12-23-16-7-9-25(10-8-16)17-4-5-17)14(2)26(24-13)20-6-3-15(21)11-19(20)22/h3,6,11,16-17,23H,4-5,7-10,12H2,1-2H3. The molecule has 26 heavy (non-hydrogen) atoms. The Balaban J connectivity index is 1.43. The Bertz CT molecular complexity index is 789. The average molecular weight is 360 g/mol. The van der Waals surface area contributed by atoms with Gasteiger partial charge in [-0.25, -0.2) is 13.5 Å². The largest absolute Gasteiger partial charge is 0.310 e. The third-order valence-electron chi connectivity index (χ3n) is 5.74. The fraction of sp³-hybridized carbons (Fsp3) is 0.550. The van der Waals surface area contributed by atoms with Gasteiger partial charge in [-0.15, -0.1) is 0 Å². The molecule has 140 valence electrons. The third-order valence-corrected chi connectivity index (χ3v) is 5.74. The lowest BCUT2D eigenvalue weighted by atomic mass is 10.0. The Morgan fingerprint density at radius 3 is 2.50 bits per heavy atom. The summed E-state index contributed by atoms with van der Waals surface area (Å²) in [5.41, 5.74) is 3.17. The van der Waals surface area contributed by atoms with Crippen LogP contribution in [0.15, 0.2) is 18.2 Å². The second kappa shape index (κ2) is 7.08. The molecule has 4 rings (SSSR count). The van der Waals surface area contributed by atoms with Gasteiger partial charge in [0.05, 0.1) is 5.69 Å². The molecule has 1 aliphatic heterocycles. The molecule has 6 heteroatoms. The highest BCUT2D eigenvalue weighted by molar-refractivity contribution is 5.38. The van der Waals surface area contributed by atoms with Gasteiger partial charge < -0.3 is 10.2 Å². The third kappa shape index (κ3) is 3.53. The van der Waals surface area contributed by atoms with Crippen LogP contribution in [0.5, 0.6) is 0 Å². The summed E-state index contributed by atoms with van der Waals surface area (Å²) in [6.45, 7) is 6.97. The van der Waals surface area contributed by atoms with Crippen molar-refractivity contribution in [3.8, 4) is 5.69 Å². The van der Waals surface area contributed by atoms with Crippen LogP contribution in [0.4, 0.5) is 8.78 Å². The first-order chi connectivity index (χ1) is 12.5. The molecule has 1 aromatic heterocycles. The number of nitrogens with one attached hydrogen (secondary N) is 1. The smallest absolute Gasteiger partial charge is 0.151 e. The van der Waals surface area contributed by atoms with E-state index in [9.17, 15) is 8.78 Å². The molecule has 1 saturated carbocycles. The molecule has 0 atom stereocenters. The number of aromatic nitrogens is 2. The van der Waals surface area contributed by atoms with Gasteiger partial charge in [0, 0.05) is 36.0 Å². The van der Waals surface area contributed by atoms with Gasteiger partial charge in [-0.3, -0.25) is 0 Å². The topological polar surface area (TPSA) is 33.1 Å². The second-order valence-electron chi connectivity index (χ2n) is 7.58. The van der Waals surface area contributed by atoms with Gasteiger partial charge in [-0.05, 0) is 64.8 Å². The summed E-state index contributed by atoms with van der Waals surface area (Å²) in [7, 11) is 0. The first-order valence-electron chi connectivity index (χ1n) is 9.51. The van der Waals surface area contributed by atoms with Gasteiger partial charge in [0.2, 0.25) is 0 Å². The van der Waals surface area contributed by atoms with E-state index in [0.29, 0.717) is 6.04 Å². The zero-order valence-electron chi connectivity index (χ0n) is 15.4. The van der Waals surface area contributed by atoms with Crippen LogP contribution in [-0.4, -0.2) is 39.9 Å². The van der Waals surface area contributed by atoms with Gasteiger partial charge in [0.15, 0.2) is 5.82 Å². The number of piperidine rings is 1. The number of hydrogen-bond acceptors (Lipinski definition) is 3. The molecule has 4 nitrogen and oxygen atoms in total. The van der Waals surface area contributed by atoms with Crippen molar-refractivity contribution >= 4 is 0 Å². The molecular formula is C20H26F2N4. The molecule has 0 radical (unpaired) electrons. The van der Waals surface area contributed by atoms with Crippen LogP contribution >= 0.6 is 0 Å². The maximum absolute atomic E-state index is 14.1. The van der Waals surface area contributed by atoms with Crippen molar-refractivity contribution in [2.45, 2.75) is 58.2 Å². The molecule has 1 saturated heterocycles. The number of halogens is 2. The number of nitrogens with zero attached hydrogens (tertiary/aromatic N) is 3. The second-order valence-corrected chi connectivity index (χ2v) is 7.58. The van der Waals surface area contributed by atoms with Crippen LogP contribution < -0.4 is 5.32 Å². The maximum atomic E-state index is 14.1. The Hall–Kier alpha value is -1.79. The van der Waals surface area contributed by atoms with E-state index in [0.717, 1.165) is 35.6 Å². The first kappa shape index (κ1) is 17.6. The molecule has 2 aromatic rings. The van der Waals surface area contributed by atoms with E-state index in [1.165, 1.54) is 50.9 Å². The van der Waals surface area contributed by atoms with E-state index in [-0.39, 0.29) is 5.69 Å². The Labute approximate surface area is 153 Å². The highest BCUT2D eigenvalue weighted by Crippen LogP contribution is 2.29. The predicted octanol–water partition coefficient (Wildman–Crippen LogP) is 3.48. The summed E-state index contributed by atoms with van der Waals surface area (Å²) in [5.74, 6) is -1.17. The lowest BCUT2D eigenvalue weighted by Gasteiger charge is -2.32. The van der Waals surface area contributed by atoms with Crippen LogP contribution in [0.3, 0.4) is 0 Å². The van der Waals surface area contributed by atoms with E-state index >= 15 is 0 Å². The lowest BCUT2D eigenvalue weighted by Crippen LogP contribution is -2.43. The molecule has 1 aromatic carbocycles. The Morgan fingerprint density at radius 1 is 1.12 bits per heavy atom. The van der Waals surface area contributed by atoms with Gasteiger partial charge >= 0.3 is 0 Å². The quantitative estimate of drug-likeness (QED) is 0.886. The van der Waals surface area contributed by atoms with Crippen molar-refractivity contribution in [1.29, 1.82) is 0 Å². The SMILES string of the molecule is Cc1nn(-c2ccc(F)cc2F)c(C)c1CNC1CCN(C2CC2)CC1. The van der Waals surface area contributed by atoms with Crippen molar-refractivity contribution < 1.29 is 8.78 Å². The molecule has 1 N–H and O–H groups in total. The minimum Gasteiger partial charge on any atom is -0.310 e. The summed E-state index contributed by atoms with van der Waals surface area (Å²) in [5, 5.41) is 8.14. The summed E-state index contributed by atoms with van der Waals surface area (Å²) >= 11 is 0. The van der Waals surface area contributed by atoms with Gasteiger partial charge in [-0.2, -0.15) is 5.10 Å². The predicted molar refractivity (Wildman–Crippen MR) is 97.4 cm³/mol. The summed E-state index contributed by atoms with van der Waals surface area (Å²) < 4.78 is 28.9. The lowest BCUT2D eigenvalue weighted by molar-refractivity contribution is 0.189. The molecule has 2 heterocycles. The van der Waals surface area contributed by atoms with E-state index < -0.39 is 11.6 Å². The van der Waals surface area contributed by atoms with Gasteiger partial charge in [0.1, 0.15) is 11.5 Å². The Morgan fingerprint density at radius 2 is 1.85 bits per heavy atom. The number of likely N-dealkylation sites (tertiary alicyclic amines) is 1. The molecule has 1 aliphatic carbocycles. The van der Waals surface area contributed by atoms with Crippen LogP contribution in [0.2, 0.25) is 0 Å². The molecular weight excluding hydrogens is 334 g/mol. The zero-order valence-corrected chi connectivity index (χ0v) is 15.4. The molecule has 0 unspecified atom stereocenters. The van der Waals surface area contributed by atoms with Crippen LogP contribution in [0.25, 0.3) is 5.69 Å². The molecule has 0 amide bonds. The first-order valence-corrected chi connectivity index (χ1v) is 9.51. The number of rotatable bonds is 5. The summed E-state index contributed by atoms with van der Waals surface area (Å²) in [6, 6.07) is 4.98. The van der Waals surface area contributed by atoms with E-state index in [4.69, 9.17) is 0 Å². The van der Waals surface area contributed by atoms with Gasteiger partial charge in [-0.1, -0.05) is 0 Å². The van der Waals surface area contributed by atoms with Crippen LogP contribution in [0, 0.1) is 25.5 Å². The molecule has 2 fully saturated rings. The molecule has 0 spiro atoms. The van der Waals surface area contributed by atoms with Crippen LogP contribution in [0.1, 0.15) is 42.6 Å². The fourth-order valence-electron chi connectivity index (χ4n) is 3.97. The normalized spacial score (nSPS) is 19.2. The highest BCUT2D eigenvalue weighted by atomic mass is 19.1. The molecule has 0 bridgehead atoms. The fourth-order valence-corrected chi connectivity index (χ4v) is 3.97. The van der Waals surface area contributed by atoms with E-state index in [1.54, 1.807) is 4.68 Å². The minimum atomic E-state index is -0.595. The number of aryl methyl sites for hydroxylation is 1.